The number of fused-ring (bicyclic) bond motifs is 1. The number of hydrogen-bond donors (Lipinski definition) is 0. The Bertz CT molecular complexity index is 755. The first kappa shape index (κ1) is 30.0. The van der Waals surface area contributed by atoms with Gasteiger partial charge in [-0.05, 0) is 0 Å². The molecule has 0 saturated carbocycles. The Morgan fingerprint density at radius 1 is 0.733 bits per heavy atom. The van der Waals surface area contributed by atoms with E-state index in [-0.39, 0.29) is 14.9 Å². The van der Waals surface area contributed by atoms with E-state index in [0.717, 1.165) is 6.42 Å². The van der Waals surface area contributed by atoms with Gasteiger partial charge in [-0.25, -0.2) is 12.2 Å². The number of allylic oxidation sites excluding steroid dienone is 4. The van der Waals surface area contributed by atoms with Gasteiger partial charge < -0.3 is 14.9 Å². The molecular formula is C28H28SiZr-6. The Kier molecular flexibility index (Phi) is 23.2. The van der Waals surface area contributed by atoms with Gasteiger partial charge in [0.05, 0.1) is 0 Å². The molecule has 0 nitrogen and oxygen atoms in total. The van der Waals surface area contributed by atoms with Gasteiger partial charge in [0.15, 0.2) is 0 Å². The zero-order valence-corrected chi connectivity index (χ0v) is 21.2. The first-order valence-corrected chi connectivity index (χ1v) is 13.0. The monoisotopic (exact) mass is 482 g/mol. The average Bonchev–Trinajstić information content (AvgIpc) is 3.54. The number of rotatable bonds is 0. The third-order valence-corrected chi connectivity index (χ3v) is 3.35. The fraction of sp³-hybridized carbons (Fsp3) is 0.0357. The van der Waals surface area contributed by atoms with E-state index in [4.69, 9.17) is 0 Å². The van der Waals surface area contributed by atoms with Crippen LogP contribution in [0.15, 0.2) is 121 Å². The summed E-state index contributed by atoms with van der Waals surface area (Å²) in [7, 11) is 0. The van der Waals surface area contributed by atoms with E-state index in [1.165, 1.54) is 34.1 Å². The van der Waals surface area contributed by atoms with Crippen molar-refractivity contribution in [3.63, 3.8) is 0 Å². The van der Waals surface area contributed by atoms with Gasteiger partial charge in [0.25, 0.3) is 0 Å². The molecule has 0 N–H and O–H groups in total. The van der Waals surface area contributed by atoms with Crippen LogP contribution in [0.5, 0.6) is 0 Å². The maximum Gasteiger partial charge on any atom is -0.0809 e. The molecule has 0 saturated heterocycles. The zero-order chi connectivity index (χ0) is 20.1. The second kappa shape index (κ2) is 23.1. The summed E-state index contributed by atoms with van der Waals surface area (Å²) in [5, 5.41) is 2.66. The van der Waals surface area contributed by atoms with E-state index in [9.17, 15) is 0 Å². The van der Waals surface area contributed by atoms with E-state index in [0.29, 0.717) is 0 Å². The van der Waals surface area contributed by atoms with Crippen molar-refractivity contribution in [2.24, 2.45) is 0 Å². The smallest absolute Gasteiger partial charge is 0.0809 e. The molecule has 1 aliphatic carbocycles. The van der Waals surface area contributed by atoms with Crippen LogP contribution >= 0.6 is 0 Å². The van der Waals surface area contributed by atoms with Gasteiger partial charge in [0.1, 0.15) is 0 Å². The van der Waals surface area contributed by atoms with Crippen molar-refractivity contribution in [3.05, 3.63) is 154 Å². The molecule has 0 spiro atoms. The van der Waals surface area contributed by atoms with Crippen molar-refractivity contribution in [2.45, 2.75) is 6.42 Å². The molecule has 30 heavy (non-hydrogen) atoms. The molecule has 0 bridgehead atoms. The van der Waals surface area contributed by atoms with Crippen LogP contribution in [0, 0.1) is 33.1 Å². The molecule has 0 atom stereocenters. The van der Waals surface area contributed by atoms with Crippen LogP contribution in [-0.2, 0) is 23.3 Å². The van der Waals surface area contributed by atoms with E-state index < -0.39 is 0 Å². The van der Waals surface area contributed by atoms with E-state index in [1.807, 2.05) is 72.8 Å². The molecule has 5 rings (SSSR count). The SMILES string of the molecule is [C-]1=CC=CC1.[CH3-].[CH3-].[Si]=[Zr].[c-]1ccccc1.[c-]1ccccc1.c1ccc2[cH-]ccc2c1. The van der Waals surface area contributed by atoms with Gasteiger partial charge >= 0.3 is 30.2 Å². The Hall–Kier alpha value is -2.15. The van der Waals surface area contributed by atoms with Crippen LogP contribution in [-0.4, -0.2) is 6.88 Å². The molecule has 0 unspecified atom stereocenters. The van der Waals surface area contributed by atoms with Gasteiger partial charge in [0, 0.05) is 0 Å². The van der Waals surface area contributed by atoms with Crippen LogP contribution in [0.2, 0.25) is 0 Å². The minimum absolute atomic E-state index is 0. The van der Waals surface area contributed by atoms with E-state index in [2.05, 4.69) is 73.6 Å². The van der Waals surface area contributed by atoms with Crippen LogP contribution in [0.25, 0.3) is 10.8 Å². The summed E-state index contributed by atoms with van der Waals surface area (Å²) >= 11 is 1.36. The summed E-state index contributed by atoms with van der Waals surface area (Å²) in [6.45, 7) is 3.06. The molecule has 2 heteroatoms. The van der Waals surface area contributed by atoms with E-state index >= 15 is 0 Å². The standard InChI is InChI=1S/C9H7.2C6H5.C5H5.2CH3.Si.Zr/c1-2-5-9-7-3-6-8(9)4-1;2*1-2-4-6-5-3-1;1-2-4-5-3-1;;;;/h1-7H;2*1-5H;1-3H,4H2;2*1H3;;/q6*-1;;. The Morgan fingerprint density at radius 2 is 1.30 bits per heavy atom. The fourth-order valence-electron chi connectivity index (χ4n) is 2.09. The predicted molar refractivity (Wildman–Crippen MR) is 130 cm³/mol. The van der Waals surface area contributed by atoms with Gasteiger partial charge in [-0.2, -0.15) is 96.4 Å². The molecule has 0 aromatic heterocycles. The molecule has 4 aromatic carbocycles. The third kappa shape index (κ3) is 15.7. The Balaban J connectivity index is 0. The maximum atomic E-state index is 3.06. The zero-order valence-electron chi connectivity index (χ0n) is 17.8. The molecule has 0 amide bonds. The second-order valence-electron chi connectivity index (χ2n) is 5.31. The normalized spacial score (nSPS) is 9.30. The molecule has 154 valence electrons. The van der Waals surface area contributed by atoms with Gasteiger partial charge in [0.2, 0.25) is 0 Å². The van der Waals surface area contributed by atoms with Crippen molar-refractivity contribution in [1.29, 1.82) is 0 Å². The summed E-state index contributed by atoms with van der Waals surface area (Å²) in [6, 6.07) is 39.7. The van der Waals surface area contributed by atoms with Crippen molar-refractivity contribution in [1.82, 2.24) is 0 Å². The predicted octanol–water partition coefficient (Wildman–Crippen LogP) is 7.36. The summed E-state index contributed by atoms with van der Waals surface area (Å²) in [6.07, 6.45) is 10.0. The number of hydrogen-bond acceptors (Lipinski definition) is 0. The van der Waals surface area contributed by atoms with Gasteiger partial charge in [-0.1, -0.05) is 6.07 Å². The molecule has 0 heterocycles. The summed E-state index contributed by atoms with van der Waals surface area (Å²) in [5.74, 6) is 0. The second-order valence-corrected chi connectivity index (χ2v) is 5.31. The van der Waals surface area contributed by atoms with Gasteiger partial charge in [-0.3, -0.25) is 6.08 Å². The quantitative estimate of drug-likeness (QED) is 0.181. The summed E-state index contributed by atoms with van der Waals surface area (Å²) in [5.41, 5.74) is 0. The average molecular weight is 484 g/mol. The molecule has 0 aliphatic heterocycles. The maximum absolute atomic E-state index is 3.06. The largest absolute Gasteiger partial charge is 0.184 e. The molecule has 1 aliphatic rings. The summed E-state index contributed by atoms with van der Waals surface area (Å²) in [4.78, 5) is 0. The molecular weight excluding hydrogens is 456 g/mol. The van der Waals surface area contributed by atoms with Crippen LogP contribution < -0.4 is 0 Å². The molecule has 2 radical (unpaired) electrons. The van der Waals surface area contributed by atoms with Crippen LogP contribution in [0.4, 0.5) is 0 Å². The van der Waals surface area contributed by atoms with Crippen molar-refractivity contribution in [3.8, 4) is 0 Å². The molecule has 4 aromatic rings. The van der Waals surface area contributed by atoms with Crippen LogP contribution in [0.1, 0.15) is 6.42 Å². The third-order valence-electron chi connectivity index (χ3n) is 3.35. The van der Waals surface area contributed by atoms with Crippen LogP contribution in [0.3, 0.4) is 0 Å². The Morgan fingerprint density at radius 3 is 1.63 bits per heavy atom. The summed E-state index contributed by atoms with van der Waals surface area (Å²) < 4.78 is 0. The fourth-order valence-corrected chi connectivity index (χ4v) is 2.09. The van der Waals surface area contributed by atoms with Gasteiger partial charge in [-0.15, -0.1) is 36.1 Å². The van der Waals surface area contributed by atoms with E-state index in [1.54, 1.807) is 0 Å². The first-order chi connectivity index (χ1) is 14.0. The minimum Gasteiger partial charge on any atom is -0.184 e. The Labute approximate surface area is 200 Å². The van der Waals surface area contributed by atoms with Crippen molar-refractivity contribution >= 4 is 17.7 Å². The first-order valence-electron chi connectivity index (χ1n) is 8.86. The van der Waals surface area contributed by atoms with Crippen molar-refractivity contribution in [2.75, 3.05) is 0 Å². The molecule has 0 fully saturated rings. The topological polar surface area (TPSA) is 0 Å². The minimum atomic E-state index is 0. The van der Waals surface area contributed by atoms with Crippen molar-refractivity contribution < 1.29 is 23.3 Å². The number of benzene rings is 3.